The van der Waals surface area contributed by atoms with Crippen molar-refractivity contribution >= 4 is 34.4 Å². The number of halogens is 1. The van der Waals surface area contributed by atoms with Gasteiger partial charge in [0.25, 0.3) is 5.56 Å². The Labute approximate surface area is 167 Å². The average molecular weight is 402 g/mol. The van der Waals surface area contributed by atoms with E-state index in [2.05, 4.69) is 11.8 Å². The van der Waals surface area contributed by atoms with Crippen LogP contribution in [-0.4, -0.2) is 25.2 Å². The number of hydrogen-bond donors (Lipinski definition) is 0. The fourth-order valence-corrected chi connectivity index (χ4v) is 3.98. The Kier molecular flexibility index (Phi) is 4.79. The van der Waals surface area contributed by atoms with Crippen LogP contribution in [-0.2, 0) is 20.1 Å². The number of hydrogen-bond acceptors (Lipinski definition) is 4. The zero-order valence-corrected chi connectivity index (χ0v) is 17.1. The molecule has 0 N–H and O–H groups in total. The lowest BCUT2D eigenvalue weighted by molar-refractivity contribution is 0.457. The topological polar surface area (TPSA) is 65.1 Å². The Hall–Kier alpha value is -2.54. The van der Waals surface area contributed by atoms with E-state index in [0.29, 0.717) is 41.1 Å². The molecule has 7 nitrogen and oxygen atoms in total. The monoisotopic (exact) mass is 401 g/mol. The molecule has 0 spiro atoms. The molecule has 8 heteroatoms. The fraction of sp³-hybridized carbons (Fsp3) is 0.450. The Balaban J connectivity index is 1.96. The molecule has 1 atom stereocenters. The highest BCUT2D eigenvalue weighted by molar-refractivity contribution is 6.30. The van der Waals surface area contributed by atoms with Crippen LogP contribution in [0.4, 0.5) is 11.6 Å². The van der Waals surface area contributed by atoms with Crippen LogP contribution in [0.1, 0.15) is 26.7 Å². The first kappa shape index (κ1) is 18.8. The molecule has 0 saturated carbocycles. The second kappa shape index (κ2) is 7.13. The number of nitrogens with zero attached hydrogens (tertiary/aromatic N) is 5. The summed E-state index contributed by atoms with van der Waals surface area (Å²) in [6.45, 7) is 6.09. The summed E-state index contributed by atoms with van der Waals surface area (Å²) in [6.07, 6.45) is 1.70. The van der Waals surface area contributed by atoms with Crippen molar-refractivity contribution in [2.75, 3.05) is 11.4 Å². The molecular formula is C20H24ClN5O2. The van der Waals surface area contributed by atoms with Gasteiger partial charge in [0.05, 0.1) is 0 Å². The van der Waals surface area contributed by atoms with Gasteiger partial charge < -0.3 is 9.47 Å². The van der Waals surface area contributed by atoms with Crippen LogP contribution in [0.5, 0.6) is 0 Å². The largest absolute Gasteiger partial charge is 0.332 e. The number of anilines is 2. The summed E-state index contributed by atoms with van der Waals surface area (Å²) in [5, 5.41) is 0.670. The van der Waals surface area contributed by atoms with Crippen LogP contribution in [0.25, 0.3) is 11.2 Å². The van der Waals surface area contributed by atoms with Gasteiger partial charge in [-0.2, -0.15) is 4.98 Å². The second-order valence-corrected chi connectivity index (χ2v) is 7.98. The highest BCUT2D eigenvalue weighted by atomic mass is 35.5. The van der Waals surface area contributed by atoms with Gasteiger partial charge in [0.1, 0.15) is 0 Å². The Bertz CT molecular complexity index is 1140. The van der Waals surface area contributed by atoms with Crippen molar-refractivity contribution in [3.63, 3.8) is 0 Å². The molecule has 0 aliphatic carbocycles. The van der Waals surface area contributed by atoms with Gasteiger partial charge in [0.2, 0.25) is 5.95 Å². The molecule has 148 valence electrons. The Morgan fingerprint density at radius 2 is 1.89 bits per heavy atom. The second-order valence-electron chi connectivity index (χ2n) is 7.54. The van der Waals surface area contributed by atoms with Crippen molar-refractivity contribution in [2.45, 2.75) is 39.8 Å². The van der Waals surface area contributed by atoms with Gasteiger partial charge in [-0.25, -0.2) is 4.79 Å². The molecule has 1 aliphatic rings. The van der Waals surface area contributed by atoms with E-state index in [9.17, 15) is 9.59 Å². The summed E-state index contributed by atoms with van der Waals surface area (Å²) in [7, 11) is 1.68. The van der Waals surface area contributed by atoms with E-state index in [1.807, 2.05) is 35.8 Å². The first-order valence-electron chi connectivity index (χ1n) is 9.65. The molecule has 0 saturated heterocycles. The zero-order valence-electron chi connectivity index (χ0n) is 16.4. The molecule has 3 aromatic rings. The molecule has 0 fully saturated rings. The fourth-order valence-electron chi connectivity index (χ4n) is 3.86. The molecule has 0 radical (unpaired) electrons. The number of benzene rings is 1. The lowest BCUT2D eigenvalue weighted by atomic mass is 10.1. The van der Waals surface area contributed by atoms with Crippen molar-refractivity contribution in [2.24, 2.45) is 13.0 Å². The number of imidazole rings is 1. The Morgan fingerprint density at radius 1 is 1.18 bits per heavy atom. The van der Waals surface area contributed by atoms with Crippen LogP contribution in [0, 0.1) is 5.92 Å². The molecule has 3 heterocycles. The maximum absolute atomic E-state index is 13.2. The van der Waals surface area contributed by atoms with Crippen molar-refractivity contribution in [1.29, 1.82) is 0 Å². The third-order valence-corrected chi connectivity index (χ3v) is 5.57. The maximum atomic E-state index is 13.2. The lowest BCUT2D eigenvalue weighted by Crippen LogP contribution is -2.40. The Morgan fingerprint density at radius 3 is 2.57 bits per heavy atom. The number of unbranched alkanes of at least 4 members (excludes halogenated alkanes) is 1. The summed E-state index contributed by atoms with van der Waals surface area (Å²) in [6, 6.07) is 7.58. The molecule has 1 aromatic carbocycles. The molecule has 1 aliphatic heterocycles. The van der Waals surface area contributed by atoms with Crippen LogP contribution in [0.2, 0.25) is 5.02 Å². The van der Waals surface area contributed by atoms with E-state index in [1.54, 1.807) is 7.05 Å². The van der Waals surface area contributed by atoms with Gasteiger partial charge in [-0.3, -0.25) is 13.9 Å². The van der Waals surface area contributed by atoms with Gasteiger partial charge in [-0.15, -0.1) is 0 Å². The highest BCUT2D eigenvalue weighted by Gasteiger charge is 2.29. The third-order valence-electron chi connectivity index (χ3n) is 5.32. The van der Waals surface area contributed by atoms with E-state index < -0.39 is 0 Å². The van der Waals surface area contributed by atoms with Crippen molar-refractivity contribution in [1.82, 2.24) is 18.7 Å². The van der Waals surface area contributed by atoms with Crippen molar-refractivity contribution in [3.05, 3.63) is 50.1 Å². The minimum Gasteiger partial charge on any atom is -0.312 e. The normalized spacial score (nSPS) is 16.6. The molecular weight excluding hydrogens is 378 g/mol. The zero-order chi connectivity index (χ0) is 20.0. The van der Waals surface area contributed by atoms with E-state index in [-0.39, 0.29) is 11.2 Å². The SMILES string of the molecule is CCCCn1c(=O)c2c(nc3n2CC(C)CN3c2ccc(Cl)cc2)n(C)c1=O. The molecule has 0 amide bonds. The number of rotatable bonds is 4. The molecule has 1 unspecified atom stereocenters. The van der Waals surface area contributed by atoms with Crippen LogP contribution >= 0.6 is 11.6 Å². The van der Waals surface area contributed by atoms with Crippen LogP contribution in [0.15, 0.2) is 33.9 Å². The van der Waals surface area contributed by atoms with Gasteiger partial charge in [0.15, 0.2) is 11.2 Å². The highest BCUT2D eigenvalue weighted by Crippen LogP contribution is 2.33. The van der Waals surface area contributed by atoms with E-state index >= 15 is 0 Å². The molecule has 0 bridgehead atoms. The predicted octanol–water partition coefficient (Wildman–Crippen LogP) is 3.14. The van der Waals surface area contributed by atoms with E-state index in [4.69, 9.17) is 16.6 Å². The van der Waals surface area contributed by atoms with E-state index in [1.165, 1.54) is 9.13 Å². The van der Waals surface area contributed by atoms with Crippen molar-refractivity contribution in [3.8, 4) is 0 Å². The predicted molar refractivity (Wildman–Crippen MR) is 112 cm³/mol. The van der Waals surface area contributed by atoms with Crippen LogP contribution in [0.3, 0.4) is 0 Å². The summed E-state index contributed by atoms with van der Waals surface area (Å²) in [5.41, 5.74) is 1.33. The smallest absolute Gasteiger partial charge is 0.312 e. The lowest BCUT2D eigenvalue weighted by Gasteiger charge is -2.33. The van der Waals surface area contributed by atoms with Gasteiger partial charge in [0, 0.05) is 37.4 Å². The van der Waals surface area contributed by atoms with Crippen LogP contribution < -0.4 is 16.1 Å². The first-order valence-corrected chi connectivity index (χ1v) is 10.0. The summed E-state index contributed by atoms with van der Waals surface area (Å²) < 4.78 is 4.79. The summed E-state index contributed by atoms with van der Waals surface area (Å²) in [4.78, 5) is 32.7. The average Bonchev–Trinajstić information content (AvgIpc) is 3.06. The van der Waals surface area contributed by atoms with Crippen molar-refractivity contribution < 1.29 is 0 Å². The number of fused-ring (bicyclic) bond motifs is 3. The van der Waals surface area contributed by atoms with Gasteiger partial charge in [-0.1, -0.05) is 31.9 Å². The van der Waals surface area contributed by atoms with E-state index in [0.717, 1.165) is 25.1 Å². The molecule has 2 aromatic heterocycles. The van der Waals surface area contributed by atoms with Gasteiger partial charge >= 0.3 is 5.69 Å². The standard InChI is InChI=1S/C20H24ClN5O2/c1-4-5-10-24-18(27)16-17(23(3)20(24)28)22-19-25(11-13(2)12-26(16)19)15-8-6-14(21)7-9-15/h6-9,13H,4-5,10-12H2,1-3H3. The number of aryl methyl sites for hydroxylation is 1. The number of aromatic nitrogens is 4. The molecule has 4 rings (SSSR count). The minimum absolute atomic E-state index is 0.254. The maximum Gasteiger partial charge on any atom is 0.332 e. The minimum atomic E-state index is -0.313. The third kappa shape index (κ3) is 2.94. The summed E-state index contributed by atoms with van der Waals surface area (Å²) in [5.74, 6) is 1.01. The quantitative estimate of drug-likeness (QED) is 0.673. The van der Waals surface area contributed by atoms with Gasteiger partial charge in [-0.05, 0) is 36.6 Å². The molecule has 28 heavy (non-hydrogen) atoms. The summed E-state index contributed by atoms with van der Waals surface area (Å²) >= 11 is 6.04. The first-order chi connectivity index (χ1) is 13.4.